The normalized spacial score (nSPS) is 12.6. The summed E-state index contributed by atoms with van der Waals surface area (Å²) in [5, 5.41) is 17.4. The van der Waals surface area contributed by atoms with Crippen LogP contribution in [0.15, 0.2) is 11.1 Å². The van der Waals surface area contributed by atoms with Gasteiger partial charge in [0.25, 0.3) is 0 Å². The van der Waals surface area contributed by atoms with E-state index < -0.39 is 11.9 Å². The van der Waals surface area contributed by atoms with Crippen LogP contribution < -0.4 is 0 Å². The Labute approximate surface area is 82.6 Å². The van der Waals surface area contributed by atoms with Gasteiger partial charge in [-0.05, 0) is 27.4 Å². The third kappa shape index (κ3) is 4.04. The molecule has 0 aromatic heterocycles. The molecule has 0 fully saturated rings. The molecule has 0 unspecified atom stereocenters. The SMILES string of the molecule is C/C(C(=O)O)=C(/CCN(C)C)C(=O)O. The van der Waals surface area contributed by atoms with Crippen LogP contribution in [-0.4, -0.2) is 47.7 Å². The van der Waals surface area contributed by atoms with Crippen LogP contribution in [0.1, 0.15) is 13.3 Å². The molecule has 0 amide bonds. The Morgan fingerprint density at radius 2 is 1.64 bits per heavy atom. The maximum Gasteiger partial charge on any atom is 0.332 e. The Kier molecular flexibility index (Phi) is 4.86. The fraction of sp³-hybridized carbons (Fsp3) is 0.556. The molecule has 0 aromatic carbocycles. The highest BCUT2D eigenvalue weighted by atomic mass is 16.4. The van der Waals surface area contributed by atoms with Gasteiger partial charge in [0, 0.05) is 17.7 Å². The first-order chi connectivity index (χ1) is 6.36. The molecule has 0 aliphatic rings. The van der Waals surface area contributed by atoms with Crippen LogP contribution in [0.25, 0.3) is 0 Å². The monoisotopic (exact) mass is 201 g/mol. The summed E-state index contributed by atoms with van der Waals surface area (Å²) in [4.78, 5) is 23.1. The van der Waals surface area contributed by atoms with Crippen LogP contribution in [0.2, 0.25) is 0 Å². The summed E-state index contributed by atoms with van der Waals surface area (Å²) in [5.74, 6) is -2.34. The first-order valence-corrected chi connectivity index (χ1v) is 4.17. The second kappa shape index (κ2) is 5.39. The molecule has 0 aliphatic heterocycles. The molecule has 2 N–H and O–H groups in total. The molecule has 0 saturated carbocycles. The Morgan fingerprint density at radius 3 is 1.93 bits per heavy atom. The molecule has 0 atom stereocenters. The predicted octanol–water partition coefficient (Wildman–Crippen LogP) is 0.424. The largest absolute Gasteiger partial charge is 0.478 e. The number of nitrogens with zero attached hydrogens (tertiary/aromatic N) is 1. The first kappa shape index (κ1) is 12.6. The van der Waals surface area contributed by atoms with Gasteiger partial charge in [0.2, 0.25) is 0 Å². The summed E-state index contributed by atoms with van der Waals surface area (Å²) in [7, 11) is 3.60. The van der Waals surface area contributed by atoms with Crippen molar-refractivity contribution in [2.24, 2.45) is 0 Å². The average molecular weight is 201 g/mol. The van der Waals surface area contributed by atoms with Crippen LogP contribution >= 0.6 is 0 Å². The maximum atomic E-state index is 10.7. The Bertz CT molecular complexity index is 268. The number of carboxylic acids is 2. The van der Waals surface area contributed by atoms with Crippen molar-refractivity contribution in [2.75, 3.05) is 20.6 Å². The van der Waals surface area contributed by atoms with Crippen LogP contribution in [0, 0.1) is 0 Å². The van der Waals surface area contributed by atoms with Gasteiger partial charge in [-0.15, -0.1) is 0 Å². The van der Waals surface area contributed by atoms with Crippen molar-refractivity contribution in [3.63, 3.8) is 0 Å². The highest BCUT2D eigenvalue weighted by Gasteiger charge is 2.15. The Hall–Kier alpha value is -1.36. The lowest BCUT2D eigenvalue weighted by atomic mass is 10.1. The van der Waals surface area contributed by atoms with Gasteiger partial charge in [-0.1, -0.05) is 0 Å². The van der Waals surface area contributed by atoms with Gasteiger partial charge in [-0.25, -0.2) is 9.59 Å². The van der Waals surface area contributed by atoms with Crippen molar-refractivity contribution in [3.8, 4) is 0 Å². The fourth-order valence-corrected chi connectivity index (χ4v) is 0.919. The second-order valence-electron chi connectivity index (χ2n) is 3.27. The minimum Gasteiger partial charge on any atom is -0.478 e. The van der Waals surface area contributed by atoms with E-state index >= 15 is 0 Å². The smallest absolute Gasteiger partial charge is 0.332 e. The zero-order chi connectivity index (χ0) is 11.3. The molecule has 0 rings (SSSR count). The van der Waals surface area contributed by atoms with E-state index in [0.717, 1.165) is 0 Å². The van der Waals surface area contributed by atoms with Crippen molar-refractivity contribution in [3.05, 3.63) is 11.1 Å². The van der Waals surface area contributed by atoms with E-state index in [9.17, 15) is 9.59 Å². The zero-order valence-electron chi connectivity index (χ0n) is 8.57. The number of carbonyl (C=O) groups is 2. The summed E-state index contributed by atoms with van der Waals surface area (Å²) in [6.07, 6.45) is 0.237. The Morgan fingerprint density at radius 1 is 1.14 bits per heavy atom. The highest BCUT2D eigenvalue weighted by Crippen LogP contribution is 2.09. The number of hydrogen-bond acceptors (Lipinski definition) is 3. The minimum absolute atomic E-state index is 0.0359. The van der Waals surface area contributed by atoms with Gasteiger partial charge in [0.1, 0.15) is 0 Å². The lowest BCUT2D eigenvalue weighted by Crippen LogP contribution is -2.18. The van der Waals surface area contributed by atoms with E-state index in [-0.39, 0.29) is 17.6 Å². The summed E-state index contributed by atoms with van der Waals surface area (Å²) in [5.41, 5.74) is -0.134. The van der Waals surface area contributed by atoms with E-state index in [0.29, 0.717) is 6.54 Å². The molecule has 0 bridgehead atoms. The maximum absolute atomic E-state index is 10.7. The van der Waals surface area contributed by atoms with E-state index in [1.807, 2.05) is 0 Å². The van der Waals surface area contributed by atoms with Crippen molar-refractivity contribution in [1.29, 1.82) is 0 Å². The van der Waals surface area contributed by atoms with Crippen molar-refractivity contribution >= 4 is 11.9 Å². The van der Waals surface area contributed by atoms with Crippen molar-refractivity contribution in [1.82, 2.24) is 4.90 Å². The number of carboxylic acid groups (broad SMARTS) is 2. The predicted molar refractivity (Wildman–Crippen MR) is 51.1 cm³/mol. The van der Waals surface area contributed by atoms with Crippen LogP contribution in [0.3, 0.4) is 0 Å². The molecule has 0 spiro atoms. The van der Waals surface area contributed by atoms with Crippen LogP contribution in [0.5, 0.6) is 0 Å². The third-order valence-corrected chi connectivity index (χ3v) is 1.84. The van der Waals surface area contributed by atoms with E-state index in [2.05, 4.69) is 0 Å². The first-order valence-electron chi connectivity index (χ1n) is 4.17. The van der Waals surface area contributed by atoms with Gasteiger partial charge in [0.15, 0.2) is 0 Å². The fourth-order valence-electron chi connectivity index (χ4n) is 0.919. The lowest BCUT2D eigenvalue weighted by molar-refractivity contribution is -0.136. The minimum atomic E-state index is -1.18. The molecule has 0 heterocycles. The van der Waals surface area contributed by atoms with Crippen molar-refractivity contribution in [2.45, 2.75) is 13.3 Å². The standard InChI is InChI=1S/C9H15NO4/c1-6(8(11)12)7(9(13)14)4-5-10(2)3/h4-5H2,1-3H3,(H,11,12)(H,13,14)/b7-6+. The Balaban J connectivity index is 4.69. The molecule has 5 nitrogen and oxygen atoms in total. The summed E-state index contributed by atoms with van der Waals surface area (Å²) in [6.45, 7) is 1.83. The van der Waals surface area contributed by atoms with E-state index in [1.54, 1.807) is 19.0 Å². The molecule has 0 saturated heterocycles. The number of hydrogen-bond donors (Lipinski definition) is 2. The zero-order valence-corrected chi connectivity index (χ0v) is 8.57. The molecule has 5 heteroatoms. The number of aliphatic carboxylic acids is 2. The van der Waals surface area contributed by atoms with Crippen LogP contribution in [-0.2, 0) is 9.59 Å². The summed E-state index contributed by atoms with van der Waals surface area (Å²) >= 11 is 0. The van der Waals surface area contributed by atoms with Gasteiger partial charge in [-0.3, -0.25) is 0 Å². The molecule has 80 valence electrons. The summed E-state index contributed by atoms with van der Waals surface area (Å²) < 4.78 is 0. The highest BCUT2D eigenvalue weighted by molar-refractivity contribution is 5.98. The molecule has 0 aliphatic carbocycles. The molecule has 0 aromatic rings. The van der Waals surface area contributed by atoms with Crippen molar-refractivity contribution < 1.29 is 19.8 Å². The molecular formula is C9H15NO4. The number of rotatable bonds is 5. The quantitative estimate of drug-likeness (QED) is 0.630. The van der Waals surface area contributed by atoms with Gasteiger partial charge in [0.05, 0.1) is 0 Å². The molecule has 14 heavy (non-hydrogen) atoms. The third-order valence-electron chi connectivity index (χ3n) is 1.84. The average Bonchev–Trinajstić information content (AvgIpc) is 2.02. The van der Waals surface area contributed by atoms with Crippen LogP contribution in [0.4, 0.5) is 0 Å². The lowest BCUT2D eigenvalue weighted by Gasteiger charge is -2.10. The molecule has 0 radical (unpaired) electrons. The molecular weight excluding hydrogens is 186 g/mol. The van der Waals surface area contributed by atoms with E-state index in [4.69, 9.17) is 10.2 Å². The topological polar surface area (TPSA) is 77.8 Å². The van der Waals surface area contributed by atoms with Gasteiger partial charge in [-0.2, -0.15) is 0 Å². The van der Waals surface area contributed by atoms with Gasteiger partial charge < -0.3 is 15.1 Å². The summed E-state index contributed by atoms with van der Waals surface area (Å²) in [6, 6.07) is 0. The van der Waals surface area contributed by atoms with E-state index in [1.165, 1.54) is 6.92 Å². The van der Waals surface area contributed by atoms with Gasteiger partial charge >= 0.3 is 11.9 Å². The second-order valence-corrected chi connectivity index (χ2v) is 3.27.